The number of rotatable bonds is 8. The van der Waals surface area contributed by atoms with E-state index < -0.39 is 0 Å². The molecule has 3 aromatic rings. The molecule has 0 spiro atoms. The molecule has 2 aromatic heterocycles. The zero-order valence-corrected chi connectivity index (χ0v) is 17.5. The number of halogens is 2. The topological polar surface area (TPSA) is 81.9 Å². The molecule has 1 aliphatic rings. The quantitative estimate of drug-likeness (QED) is 0.398. The number of nitrogens with zero attached hydrogens (tertiary/aromatic N) is 4. The standard InChI is InChI=1S/C19H17Cl2N5O2S/c20-13-4-1-2-6-15(13)28-10-16-24-25-19(26(16)12-7-8-12)29-11-17(27)23-14-5-3-9-22-18(14)21/h1-6,9,12H,7-8,10-11H2,(H,23,27). The minimum atomic E-state index is -0.191. The van der Waals surface area contributed by atoms with Gasteiger partial charge in [0.25, 0.3) is 0 Å². The maximum Gasteiger partial charge on any atom is 0.234 e. The zero-order valence-electron chi connectivity index (χ0n) is 15.2. The van der Waals surface area contributed by atoms with Gasteiger partial charge in [-0.25, -0.2) is 4.98 Å². The van der Waals surface area contributed by atoms with Gasteiger partial charge in [0, 0.05) is 12.2 Å². The number of para-hydroxylation sites is 1. The normalized spacial score (nSPS) is 13.3. The summed E-state index contributed by atoms with van der Waals surface area (Å²) in [6.45, 7) is 0.255. The summed E-state index contributed by atoms with van der Waals surface area (Å²) in [5.74, 6) is 1.30. The van der Waals surface area contributed by atoms with Crippen LogP contribution in [0.2, 0.25) is 10.2 Å². The van der Waals surface area contributed by atoms with Crippen LogP contribution in [0.5, 0.6) is 5.75 Å². The van der Waals surface area contributed by atoms with Gasteiger partial charge in [-0.1, -0.05) is 47.1 Å². The SMILES string of the molecule is O=C(CSc1nnc(COc2ccccc2Cl)n1C1CC1)Nc1cccnc1Cl. The van der Waals surface area contributed by atoms with Gasteiger partial charge in [-0.2, -0.15) is 0 Å². The third-order valence-corrected chi connectivity index (χ3v) is 5.76. The fraction of sp³-hybridized carbons (Fsp3) is 0.263. The van der Waals surface area contributed by atoms with Crippen molar-refractivity contribution >= 4 is 46.6 Å². The van der Waals surface area contributed by atoms with Crippen molar-refractivity contribution in [2.75, 3.05) is 11.1 Å². The van der Waals surface area contributed by atoms with Crippen molar-refractivity contribution in [3.8, 4) is 5.75 Å². The third kappa shape index (κ3) is 5.01. The van der Waals surface area contributed by atoms with Crippen LogP contribution in [0.3, 0.4) is 0 Å². The number of carbonyl (C=O) groups is 1. The molecule has 10 heteroatoms. The van der Waals surface area contributed by atoms with Gasteiger partial charge in [0.2, 0.25) is 5.91 Å². The van der Waals surface area contributed by atoms with Gasteiger partial charge < -0.3 is 10.1 Å². The van der Waals surface area contributed by atoms with E-state index in [0.29, 0.717) is 33.5 Å². The highest BCUT2D eigenvalue weighted by Crippen LogP contribution is 2.39. The molecule has 7 nitrogen and oxygen atoms in total. The molecule has 0 unspecified atom stereocenters. The van der Waals surface area contributed by atoms with E-state index in [-0.39, 0.29) is 23.4 Å². The lowest BCUT2D eigenvalue weighted by atomic mass is 10.3. The number of hydrogen-bond acceptors (Lipinski definition) is 6. The number of aromatic nitrogens is 4. The molecule has 150 valence electrons. The number of thioether (sulfide) groups is 1. The lowest BCUT2D eigenvalue weighted by molar-refractivity contribution is -0.113. The van der Waals surface area contributed by atoms with Crippen molar-refractivity contribution in [1.29, 1.82) is 0 Å². The van der Waals surface area contributed by atoms with Gasteiger partial charge in [0.15, 0.2) is 16.1 Å². The minimum Gasteiger partial charge on any atom is -0.484 e. The number of hydrogen-bond donors (Lipinski definition) is 1. The van der Waals surface area contributed by atoms with Crippen molar-refractivity contribution in [3.63, 3.8) is 0 Å². The third-order valence-electron chi connectivity index (χ3n) is 4.21. The molecule has 1 aromatic carbocycles. The lowest BCUT2D eigenvalue weighted by Gasteiger charge is -2.11. The zero-order chi connectivity index (χ0) is 20.2. The van der Waals surface area contributed by atoms with E-state index in [4.69, 9.17) is 27.9 Å². The Kier molecular flexibility index (Phi) is 6.22. The smallest absolute Gasteiger partial charge is 0.234 e. The Morgan fingerprint density at radius 3 is 2.79 bits per heavy atom. The van der Waals surface area contributed by atoms with E-state index in [1.165, 1.54) is 11.8 Å². The average Bonchev–Trinajstić information content (AvgIpc) is 3.47. The highest BCUT2D eigenvalue weighted by Gasteiger charge is 2.30. The predicted octanol–water partition coefficient (Wildman–Crippen LogP) is 4.62. The predicted molar refractivity (Wildman–Crippen MR) is 113 cm³/mol. The summed E-state index contributed by atoms with van der Waals surface area (Å²) in [4.78, 5) is 16.2. The summed E-state index contributed by atoms with van der Waals surface area (Å²) in [5.41, 5.74) is 0.484. The van der Waals surface area contributed by atoms with Gasteiger partial charge in [-0.05, 0) is 37.1 Å². The Labute approximate surface area is 181 Å². The first-order valence-corrected chi connectivity index (χ1v) is 10.7. The minimum absolute atomic E-state index is 0.182. The molecule has 0 bridgehead atoms. The van der Waals surface area contributed by atoms with Crippen LogP contribution in [-0.4, -0.2) is 31.4 Å². The molecule has 1 N–H and O–H groups in total. The Balaban J connectivity index is 1.40. The summed E-state index contributed by atoms with van der Waals surface area (Å²) in [5, 5.41) is 12.8. The molecular weight excluding hydrogens is 433 g/mol. The van der Waals surface area contributed by atoms with E-state index >= 15 is 0 Å². The maximum atomic E-state index is 12.3. The number of pyridine rings is 1. The molecule has 1 amide bonds. The molecular formula is C19H17Cl2N5O2S. The van der Waals surface area contributed by atoms with Gasteiger partial charge >= 0.3 is 0 Å². The Morgan fingerprint density at radius 1 is 1.21 bits per heavy atom. The molecule has 1 saturated carbocycles. The first kappa shape index (κ1) is 20.0. The largest absolute Gasteiger partial charge is 0.484 e. The van der Waals surface area contributed by atoms with Crippen molar-refractivity contribution in [2.24, 2.45) is 0 Å². The molecule has 1 aliphatic carbocycles. The molecule has 0 atom stereocenters. The van der Waals surface area contributed by atoms with E-state index in [0.717, 1.165) is 12.8 Å². The molecule has 4 rings (SSSR count). The van der Waals surface area contributed by atoms with Crippen LogP contribution in [0.25, 0.3) is 0 Å². The van der Waals surface area contributed by atoms with Crippen LogP contribution in [0, 0.1) is 0 Å². The second kappa shape index (κ2) is 9.02. The second-order valence-electron chi connectivity index (χ2n) is 6.40. The monoisotopic (exact) mass is 449 g/mol. The van der Waals surface area contributed by atoms with Crippen LogP contribution in [0.15, 0.2) is 47.8 Å². The fourth-order valence-corrected chi connectivity index (χ4v) is 3.88. The number of benzene rings is 1. The Morgan fingerprint density at radius 2 is 2.03 bits per heavy atom. The molecule has 0 aliphatic heterocycles. The van der Waals surface area contributed by atoms with E-state index in [2.05, 4.69) is 20.5 Å². The Bertz CT molecular complexity index is 1030. The van der Waals surface area contributed by atoms with Crippen LogP contribution in [0.1, 0.15) is 24.7 Å². The summed E-state index contributed by atoms with van der Waals surface area (Å²) in [6, 6.07) is 11.0. The summed E-state index contributed by atoms with van der Waals surface area (Å²) in [7, 11) is 0. The summed E-state index contributed by atoms with van der Waals surface area (Å²) >= 11 is 13.4. The first-order chi connectivity index (χ1) is 14.1. The van der Waals surface area contributed by atoms with Crippen LogP contribution in [-0.2, 0) is 11.4 Å². The van der Waals surface area contributed by atoms with E-state index in [9.17, 15) is 4.79 Å². The van der Waals surface area contributed by atoms with Gasteiger partial charge in [-0.15, -0.1) is 10.2 Å². The Hall–Kier alpha value is -2.29. The van der Waals surface area contributed by atoms with Gasteiger partial charge in [-0.3, -0.25) is 9.36 Å². The van der Waals surface area contributed by atoms with Crippen molar-refractivity contribution in [2.45, 2.75) is 30.6 Å². The number of anilines is 1. The number of nitrogens with one attached hydrogen (secondary N) is 1. The van der Waals surface area contributed by atoms with Crippen LogP contribution < -0.4 is 10.1 Å². The van der Waals surface area contributed by atoms with Crippen LogP contribution >= 0.6 is 35.0 Å². The highest BCUT2D eigenvalue weighted by molar-refractivity contribution is 7.99. The summed E-state index contributed by atoms with van der Waals surface area (Å²) < 4.78 is 7.85. The maximum absolute atomic E-state index is 12.3. The van der Waals surface area contributed by atoms with Crippen molar-refractivity contribution < 1.29 is 9.53 Å². The fourth-order valence-electron chi connectivity index (χ4n) is 2.70. The van der Waals surface area contributed by atoms with E-state index in [1.54, 1.807) is 24.4 Å². The van der Waals surface area contributed by atoms with Crippen LogP contribution in [0.4, 0.5) is 5.69 Å². The number of carbonyl (C=O) groups excluding carboxylic acids is 1. The van der Waals surface area contributed by atoms with Gasteiger partial charge in [0.05, 0.1) is 16.5 Å². The molecule has 29 heavy (non-hydrogen) atoms. The van der Waals surface area contributed by atoms with E-state index in [1.807, 2.05) is 22.8 Å². The number of ether oxygens (including phenoxy) is 1. The second-order valence-corrected chi connectivity index (χ2v) is 8.11. The first-order valence-electron chi connectivity index (χ1n) is 8.96. The molecule has 2 heterocycles. The van der Waals surface area contributed by atoms with Crippen molar-refractivity contribution in [1.82, 2.24) is 19.7 Å². The summed E-state index contributed by atoms with van der Waals surface area (Å²) in [6.07, 6.45) is 3.68. The average molecular weight is 450 g/mol. The number of amides is 1. The highest BCUT2D eigenvalue weighted by atomic mass is 35.5. The molecule has 0 radical (unpaired) electrons. The molecule has 1 fully saturated rings. The molecule has 0 saturated heterocycles. The lowest BCUT2D eigenvalue weighted by Crippen LogP contribution is -2.15. The van der Waals surface area contributed by atoms with Gasteiger partial charge in [0.1, 0.15) is 12.4 Å². The van der Waals surface area contributed by atoms with Crippen molar-refractivity contribution in [3.05, 3.63) is 58.6 Å².